The highest BCUT2D eigenvalue weighted by Crippen LogP contribution is 2.54. The van der Waals surface area contributed by atoms with E-state index in [1.807, 2.05) is 41.7 Å². The number of fused-ring (bicyclic) bond motifs is 1. The van der Waals surface area contributed by atoms with Crippen LogP contribution in [0.5, 0.6) is 0 Å². The molecule has 1 fully saturated rings. The number of nitrogens with zero attached hydrogens (tertiary/aromatic N) is 8. The Labute approximate surface area is 150 Å². The molecule has 4 aromatic rings. The molecule has 0 unspecified atom stereocenters. The van der Waals surface area contributed by atoms with Crippen LogP contribution in [0.2, 0.25) is 0 Å². The van der Waals surface area contributed by atoms with Crippen molar-refractivity contribution in [2.24, 2.45) is 7.05 Å². The molecule has 1 aliphatic carbocycles. The van der Waals surface area contributed by atoms with Gasteiger partial charge in [-0.3, -0.25) is 9.36 Å². The van der Waals surface area contributed by atoms with Gasteiger partial charge in [-0.2, -0.15) is 19.8 Å². The topological polar surface area (TPSA) is 78.7 Å². The van der Waals surface area contributed by atoms with Gasteiger partial charge in [0.25, 0.3) is 0 Å². The molecule has 26 heavy (non-hydrogen) atoms. The van der Waals surface area contributed by atoms with Crippen LogP contribution >= 0.6 is 0 Å². The van der Waals surface area contributed by atoms with Gasteiger partial charge in [0.2, 0.25) is 0 Å². The standard InChI is InChI=1S/C18H20N8/c1-4-25-17(15-5-6-18-21-20-11(2)26(18)23-15)8-16(22-25)14-7-13(14)12-9-19-24(3)10-12/h5-6,8-10,13-14H,4,7H2,1-3H3/t13-,14+/m1/s1. The Morgan fingerprint density at radius 3 is 2.81 bits per heavy atom. The Hall–Kier alpha value is -3.03. The second kappa shape index (κ2) is 5.48. The third kappa shape index (κ3) is 2.33. The van der Waals surface area contributed by atoms with E-state index >= 15 is 0 Å². The molecule has 5 rings (SSSR count). The molecule has 0 amide bonds. The SMILES string of the molecule is CCn1nc([C@H]2C[C@@H]2c2cnn(C)c2)cc1-c1ccc2nnc(C)n2n1. The second-order valence-corrected chi connectivity index (χ2v) is 6.90. The summed E-state index contributed by atoms with van der Waals surface area (Å²) in [4.78, 5) is 0. The Kier molecular flexibility index (Phi) is 3.22. The van der Waals surface area contributed by atoms with Gasteiger partial charge in [0, 0.05) is 25.7 Å². The van der Waals surface area contributed by atoms with Gasteiger partial charge in [-0.05, 0) is 49.9 Å². The predicted molar refractivity (Wildman–Crippen MR) is 95.7 cm³/mol. The van der Waals surface area contributed by atoms with Gasteiger partial charge >= 0.3 is 0 Å². The minimum atomic E-state index is 0.464. The monoisotopic (exact) mass is 348 g/mol. The average molecular weight is 348 g/mol. The third-order valence-corrected chi connectivity index (χ3v) is 5.10. The van der Waals surface area contributed by atoms with Crippen molar-refractivity contribution >= 4 is 5.65 Å². The summed E-state index contributed by atoms with van der Waals surface area (Å²) in [7, 11) is 1.96. The summed E-state index contributed by atoms with van der Waals surface area (Å²) in [6.07, 6.45) is 5.20. The highest BCUT2D eigenvalue weighted by atomic mass is 15.4. The minimum absolute atomic E-state index is 0.464. The summed E-state index contributed by atoms with van der Waals surface area (Å²) in [5, 5.41) is 22.0. The molecule has 0 bridgehead atoms. The van der Waals surface area contributed by atoms with Gasteiger partial charge in [-0.15, -0.1) is 10.2 Å². The molecular formula is C18H20N8. The summed E-state index contributed by atoms with van der Waals surface area (Å²) < 4.78 is 5.67. The maximum Gasteiger partial charge on any atom is 0.177 e. The van der Waals surface area contributed by atoms with Gasteiger partial charge in [-0.1, -0.05) is 0 Å². The van der Waals surface area contributed by atoms with E-state index in [0.717, 1.165) is 41.5 Å². The highest BCUT2D eigenvalue weighted by molar-refractivity contribution is 5.57. The Morgan fingerprint density at radius 2 is 2.04 bits per heavy atom. The van der Waals surface area contributed by atoms with Crippen molar-refractivity contribution in [3.8, 4) is 11.4 Å². The molecule has 4 aromatic heterocycles. The lowest BCUT2D eigenvalue weighted by Crippen LogP contribution is -2.03. The number of hydrogen-bond acceptors (Lipinski definition) is 5. The van der Waals surface area contributed by atoms with E-state index in [1.165, 1.54) is 5.56 Å². The van der Waals surface area contributed by atoms with Gasteiger partial charge < -0.3 is 0 Å². The summed E-state index contributed by atoms with van der Waals surface area (Å²) >= 11 is 0. The van der Waals surface area contributed by atoms with Crippen LogP contribution in [-0.4, -0.2) is 39.4 Å². The number of aromatic nitrogens is 8. The van der Waals surface area contributed by atoms with E-state index in [2.05, 4.69) is 34.5 Å². The first-order chi connectivity index (χ1) is 12.6. The van der Waals surface area contributed by atoms with E-state index in [4.69, 9.17) is 10.2 Å². The number of aryl methyl sites for hydroxylation is 3. The zero-order valence-corrected chi connectivity index (χ0v) is 15.0. The fraction of sp³-hybridized carbons (Fsp3) is 0.389. The lowest BCUT2D eigenvalue weighted by Gasteiger charge is -2.04. The van der Waals surface area contributed by atoms with Crippen LogP contribution < -0.4 is 0 Å². The molecule has 0 spiro atoms. The van der Waals surface area contributed by atoms with E-state index in [9.17, 15) is 0 Å². The van der Waals surface area contributed by atoms with Crippen molar-refractivity contribution in [2.45, 2.75) is 38.6 Å². The lowest BCUT2D eigenvalue weighted by atomic mass is 10.1. The summed E-state index contributed by atoms with van der Waals surface area (Å²) in [6, 6.07) is 6.12. The first kappa shape index (κ1) is 15.2. The van der Waals surface area contributed by atoms with Crippen molar-refractivity contribution in [2.75, 3.05) is 0 Å². The zero-order chi connectivity index (χ0) is 17.8. The summed E-state index contributed by atoms with van der Waals surface area (Å²) in [5.74, 6) is 1.77. The largest absolute Gasteiger partial charge is 0.276 e. The average Bonchev–Trinajstić information content (AvgIpc) is 2.97. The van der Waals surface area contributed by atoms with Crippen molar-refractivity contribution in [1.29, 1.82) is 0 Å². The van der Waals surface area contributed by atoms with Crippen LogP contribution in [0.25, 0.3) is 17.0 Å². The summed E-state index contributed by atoms with van der Waals surface area (Å²) in [6.45, 7) is 4.82. The first-order valence-electron chi connectivity index (χ1n) is 8.89. The fourth-order valence-corrected chi connectivity index (χ4v) is 3.62. The van der Waals surface area contributed by atoms with Crippen LogP contribution in [0.3, 0.4) is 0 Å². The van der Waals surface area contributed by atoms with E-state index in [-0.39, 0.29) is 0 Å². The zero-order valence-electron chi connectivity index (χ0n) is 15.0. The van der Waals surface area contributed by atoms with Crippen molar-refractivity contribution in [3.05, 3.63) is 47.7 Å². The highest BCUT2D eigenvalue weighted by Gasteiger charge is 2.42. The van der Waals surface area contributed by atoms with Gasteiger partial charge in [0.15, 0.2) is 11.5 Å². The first-order valence-corrected chi connectivity index (χ1v) is 8.89. The Balaban J connectivity index is 1.50. The molecule has 1 saturated carbocycles. The van der Waals surface area contributed by atoms with Crippen LogP contribution in [0.15, 0.2) is 30.6 Å². The molecule has 1 aliphatic rings. The lowest BCUT2D eigenvalue weighted by molar-refractivity contribution is 0.650. The molecule has 0 aromatic carbocycles. The van der Waals surface area contributed by atoms with E-state index in [1.54, 1.807) is 4.52 Å². The molecule has 0 saturated heterocycles. The van der Waals surface area contributed by atoms with Gasteiger partial charge in [0.05, 0.1) is 17.6 Å². The molecule has 8 nitrogen and oxygen atoms in total. The molecule has 0 N–H and O–H groups in total. The van der Waals surface area contributed by atoms with Crippen LogP contribution in [0, 0.1) is 6.92 Å². The third-order valence-electron chi connectivity index (χ3n) is 5.10. The molecule has 0 aliphatic heterocycles. The van der Waals surface area contributed by atoms with Crippen LogP contribution in [0.4, 0.5) is 0 Å². The maximum absolute atomic E-state index is 4.85. The molecule has 0 radical (unpaired) electrons. The van der Waals surface area contributed by atoms with Crippen molar-refractivity contribution < 1.29 is 0 Å². The van der Waals surface area contributed by atoms with Gasteiger partial charge in [0.1, 0.15) is 5.69 Å². The second-order valence-electron chi connectivity index (χ2n) is 6.90. The Bertz CT molecular complexity index is 1100. The van der Waals surface area contributed by atoms with E-state index < -0.39 is 0 Å². The normalized spacial score (nSPS) is 19.3. The predicted octanol–water partition coefficient (Wildman–Crippen LogP) is 2.32. The van der Waals surface area contributed by atoms with Crippen LogP contribution in [0.1, 0.15) is 42.3 Å². The molecule has 8 heteroatoms. The molecule has 2 atom stereocenters. The number of hydrogen-bond donors (Lipinski definition) is 0. The van der Waals surface area contributed by atoms with Crippen LogP contribution in [-0.2, 0) is 13.6 Å². The smallest absolute Gasteiger partial charge is 0.177 e. The minimum Gasteiger partial charge on any atom is -0.276 e. The molecular weight excluding hydrogens is 328 g/mol. The summed E-state index contributed by atoms with van der Waals surface area (Å²) in [5.41, 5.74) is 5.12. The quantitative estimate of drug-likeness (QED) is 0.565. The molecule has 132 valence electrons. The molecule has 4 heterocycles. The van der Waals surface area contributed by atoms with E-state index in [0.29, 0.717) is 11.8 Å². The van der Waals surface area contributed by atoms with Crippen molar-refractivity contribution in [1.82, 2.24) is 39.4 Å². The Morgan fingerprint density at radius 1 is 1.15 bits per heavy atom. The fourth-order valence-electron chi connectivity index (χ4n) is 3.62. The maximum atomic E-state index is 4.85. The van der Waals surface area contributed by atoms with Crippen molar-refractivity contribution in [3.63, 3.8) is 0 Å². The number of rotatable bonds is 4. The van der Waals surface area contributed by atoms with Gasteiger partial charge in [-0.25, -0.2) is 0 Å².